The normalized spacial score (nSPS) is 11.8. The molecule has 0 atom stereocenters. The maximum Gasteiger partial charge on any atom is 0.0541 e. The van der Waals surface area contributed by atoms with Crippen LogP contribution >= 0.6 is 0 Å². The Morgan fingerprint density at radius 2 is 0.621 bits per heavy atom. The smallest absolute Gasteiger partial charge is 0.0541 e. The fraction of sp³-hybridized carbons (Fsp3) is 0. The molecule has 0 amide bonds. The third-order valence-corrected chi connectivity index (χ3v) is 12.1. The van der Waals surface area contributed by atoms with E-state index in [9.17, 15) is 0 Å². The van der Waals surface area contributed by atoms with Crippen molar-refractivity contribution in [2.75, 3.05) is 0 Å². The van der Waals surface area contributed by atoms with E-state index in [0.29, 0.717) is 0 Å². The Balaban J connectivity index is 1.02. The molecular formula is C56H36N2. The van der Waals surface area contributed by atoms with E-state index in [0.717, 1.165) is 11.4 Å². The van der Waals surface area contributed by atoms with E-state index < -0.39 is 0 Å². The highest BCUT2D eigenvalue weighted by molar-refractivity contribution is 6.15. The molecular weight excluding hydrogens is 701 g/mol. The van der Waals surface area contributed by atoms with Gasteiger partial charge in [0, 0.05) is 32.9 Å². The molecule has 0 unspecified atom stereocenters. The molecule has 2 aromatic heterocycles. The average molecular weight is 737 g/mol. The van der Waals surface area contributed by atoms with Crippen LogP contribution in [0.25, 0.3) is 110 Å². The van der Waals surface area contributed by atoms with Crippen LogP contribution in [-0.4, -0.2) is 9.13 Å². The quantitative estimate of drug-likeness (QED) is 0.156. The molecule has 0 saturated carbocycles. The minimum absolute atomic E-state index is 1.15. The van der Waals surface area contributed by atoms with Crippen molar-refractivity contribution in [2.24, 2.45) is 0 Å². The highest BCUT2D eigenvalue weighted by Gasteiger charge is 2.17. The molecule has 0 bridgehead atoms. The summed E-state index contributed by atoms with van der Waals surface area (Å²) in [5, 5.41) is 10.1. The average Bonchev–Trinajstić information content (AvgIpc) is 3.82. The molecule has 0 saturated heterocycles. The summed E-state index contributed by atoms with van der Waals surface area (Å²) in [7, 11) is 0. The van der Waals surface area contributed by atoms with Crippen molar-refractivity contribution in [1.82, 2.24) is 9.13 Å². The number of fused-ring (bicyclic) bond motifs is 9. The van der Waals surface area contributed by atoms with Crippen molar-refractivity contribution >= 4 is 65.2 Å². The zero-order valence-electron chi connectivity index (χ0n) is 31.7. The van der Waals surface area contributed by atoms with Crippen molar-refractivity contribution in [1.29, 1.82) is 0 Å². The first-order valence-electron chi connectivity index (χ1n) is 20.0. The zero-order chi connectivity index (χ0) is 38.2. The van der Waals surface area contributed by atoms with Crippen LogP contribution in [0.1, 0.15) is 0 Å². The number of para-hydroxylation sites is 4. The highest BCUT2D eigenvalue weighted by atomic mass is 15.0. The van der Waals surface area contributed by atoms with Crippen LogP contribution in [0.15, 0.2) is 218 Å². The van der Waals surface area contributed by atoms with Gasteiger partial charge in [-0.05, 0) is 116 Å². The van der Waals surface area contributed by atoms with Gasteiger partial charge in [-0.15, -0.1) is 0 Å². The van der Waals surface area contributed by atoms with Crippen LogP contribution in [0, 0.1) is 0 Å². The summed E-state index contributed by atoms with van der Waals surface area (Å²) in [6.45, 7) is 0. The maximum absolute atomic E-state index is 2.40. The molecule has 0 fully saturated rings. The van der Waals surface area contributed by atoms with E-state index in [2.05, 4.69) is 228 Å². The van der Waals surface area contributed by atoms with Gasteiger partial charge in [0.15, 0.2) is 0 Å². The molecule has 2 heterocycles. The topological polar surface area (TPSA) is 9.86 Å². The molecule has 0 radical (unpaired) electrons. The molecule has 0 aliphatic carbocycles. The molecule has 2 heteroatoms. The van der Waals surface area contributed by atoms with Gasteiger partial charge in [0.2, 0.25) is 0 Å². The first-order valence-corrected chi connectivity index (χ1v) is 20.0. The van der Waals surface area contributed by atoms with Gasteiger partial charge in [0.05, 0.1) is 22.1 Å². The number of aromatic nitrogens is 2. The third kappa shape index (κ3) is 4.99. The minimum atomic E-state index is 1.15. The van der Waals surface area contributed by atoms with E-state index in [1.165, 1.54) is 98.5 Å². The second kappa shape index (κ2) is 12.9. The van der Waals surface area contributed by atoms with Gasteiger partial charge in [-0.25, -0.2) is 0 Å². The van der Waals surface area contributed by atoms with E-state index in [-0.39, 0.29) is 0 Å². The zero-order valence-corrected chi connectivity index (χ0v) is 31.7. The molecule has 12 aromatic rings. The Hall–Kier alpha value is -7.68. The van der Waals surface area contributed by atoms with Gasteiger partial charge >= 0.3 is 0 Å². The fourth-order valence-corrected chi connectivity index (χ4v) is 9.47. The Bertz CT molecular complexity index is 3440. The van der Waals surface area contributed by atoms with Gasteiger partial charge in [0.25, 0.3) is 0 Å². The first kappa shape index (κ1) is 32.6. The monoisotopic (exact) mass is 736 g/mol. The molecule has 0 spiro atoms. The van der Waals surface area contributed by atoms with Crippen molar-refractivity contribution in [3.05, 3.63) is 218 Å². The summed E-state index contributed by atoms with van der Waals surface area (Å²) < 4.78 is 4.77. The number of benzene rings is 10. The van der Waals surface area contributed by atoms with Gasteiger partial charge in [-0.2, -0.15) is 0 Å². The SMILES string of the molecule is c1ccc2c(c1)cc(-c1cc(-c3ccc(-n4c5ccccc5c5ccccc54)cc3)ccc1-c1ccc(-n3c4ccccc4c4ccccc43)cc1)c1ccccc12. The molecule has 12 rings (SSSR count). The lowest BCUT2D eigenvalue weighted by Gasteiger charge is -2.17. The number of hydrogen-bond acceptors (Lipinski definition) is 0. The summed E-state index contributed by atoms with van der Waals surface area (Å²) >= 11 is 0. The fourth-order valence-electron chi connectivity index (χ4n) is 9.47. The maximum atomic E-state index is 2.40. The van der Waals surface area contributed by atoms with Crippen molar-refractivity contribution in [2.45, 2.75) is 0 Å². The molecule has 10 aromatic carbocycles. The van der Waals surface area contributed by atoms with Crippen molar-refractivity contribution in [3.63, 3.8) is 0 Å². The minimum Gasteiger partial charge on any atom is -0.309 e. The predicted molar refractivity (Wildman–Crippen MR) is 246 cm³/mol. The molecule has 2 nitrogen and oxygen atoms in total. The first-order chi connectivity index (χ1) is 28.8. The van der Waals surface area contributed by atoms with Gasteiger partial charge < -0.3 is 9.13 Å². The van der Waals surface area contributed by atoms with E-state index >= 15 is 0 Å². The second-order valence-corrected chi connectivity index (χ2v) is 15.3. The summed E-state index contributed by atoms with van der Waals surface area (Å²) in [4.78, 5) is 0. The molecule has 0 aliphatic heterocycles. The summed E-state index contributed by atoms with van der Waals surface area (Å²) in [5.41, 5.74) is 14.4. The van der Waals surface area contributed by atoms with Gasteiger partial charge in [-0.1, -0.05) is 158 Å². The van der Waals surface area contributed by atoms with Crippen LogP contribution in [0.3, 0.4) is 0 Å². The van der Waals surface area contributed by atoms with Crippen molar-refractivity contribution < 1.29 is 0 Å². The molecule has 0 aliphatic rings. The van der Waals surface area contributed by atoms with E-state index in [4.69, 9.17) is 0 Å². The lowest BCUT2D eigenvalue weighted by molar-refractivity contribution is 1.18. The lowest BCUT2D eigenvalue weighted by Crippen LogP contribution is -1.95. The lowest BCUT2D eigenvalue weighted by atomic mass is 9.87. The summed E-state index contributed by atoms with van der Waals surface area (Å²) in [5.74, 6) is 0. The van der Waals surface area contributed by atoms with Crippen LogP contribution in [-0.2, 0) is 0 Å². The summed E-state index contributed by atoms with van der Waals surface area (Å²) in [6, 6.07) is 80.1. The van der Waals surface area contributed by atoms with Crippen LogP contribution in [0.2, 0.25) is 0 Å². The third-order valence-electron chi connectivity index (χ3n) is 12.1. The van der Waals surface area contributed by atoms with Gasteiger partial charge in [-0.3, -0.25) is 0 Å². The van der Waals surface area contributed by atoms with Crippen LogP contribution < -0.4 is 0 Å². The number of hydrogen-bond donors (Lipinski definition) is 0. The van der Waals surface area contributed by atoms with E-state index in [1.807, 2.05) is 0 Å². The van der Waals surface area contributed by atoms with Gasteiger partial charge in [0.1, 0.15) is 0 Å². The van der Waals surface area contributed by atoms with Crippen LogP contribution in [0.4, 0.5) is 0 Å². The van der Waals surface area contributed by atoms with E-state index in [1.54, 1.807) is 0 Å². The Morgan fingerprint density at radius 1 is 0.224 bits per heavy atom. The molecule has 58 heavy (non-hydrogen) atoms. The Morgan fingerprint density at radius 3 is 1.14 bits per heavy atom. The predicted octanol–water partition coefficient (Wildman–Crippen LogP) is 15.2. The van der Waals surface area contributed by atoms with Crippen molar-refractivity contribution in [3.8, 4) is 44.8 Å². The Labute approximate surface area is 336 Å². The largest absolute Gasteiger partial charge is 0.309 e. The highest BCUT2D eigenvalue weighted by Crippen LogP contribution is 2.42. The summed E-state index contributed by atoms with van der Waals surface area (Å²) in [6.07, 6.45) is 0. The second-order valence-electron chi connectivity index (χ2n) is 15.3. The number of rotatable bonds is 5. The Kier molecular flexibility index (Phi) is 7.26. The number of nitrogens with zero attached hydrogens (tertiary/aromatic N) is 2. The van der Waals surface area contributed by atoms with Crippen LogP contribution in [0.5, 0.6) is 0 Å². The molecule has 270 valence electrons. The standard InChI is InChI=1S/C56H36N2/c1-2-14-43-40(13-1)36-52(46-16-4-3-15-45(43)46)51-35-39(37-25-30-41(31-26-37)57-53-21-9-5-17-47(53)48-18-6-10-22-54(48)57)29-34-44(51)38-27-32-42(33-28-38)58-55-23-11-7-19-49(55)50-20-8-12-24-56(50)58/h1-36H. The molecule has 0 N–H and O–H groups in total.